The normalized spacial score (nSPS) is 10.1. The molecule has 122 valence electrons. The van der Waals surface area contributed by atoms with Gasteiger partial charge in [-0.25, -0.2) is 0 Å². The lowest BCUT2D eigenvalue weighted by atomic mass is 10.2. The first-order valence-electron chi connectivity index (χ1n) is 6.74. The van der Waals surface area contributed by atoms with Crippen molar-refractivity contribution in [3.05, 3.63) is 46.4 Å². The number of halogens is 2. The number of benzene rings is 2. The molecule has 0 aliphatic rings. The van der Waals surface area contributed by atoms with Gasteiger partial charge in [0.1, 0.15) is 11.5 Å². The fourth-order valence-corrected chi connectivity index (χ4v) is 2.36. The number of rotatable bonds is 6. The third kappa shape index (κ3) is 4.68. The maximum absolute atomic E-state index is 12.0. The topological polar surface area (TPSA) is 59.6 Å². The second-order valence-electron chi connectivity index (χ2n) is 4.59. The van der Waals surface area contributed by atoms with Gasteiger partial charge in [0.2, 0.25) is 5.91 Å². The highest BCUT2D eigenvalue weighted by molar-refractivity contribution is 6.36. The van der Waals surface area contributed by atoms with E-state index in [4.69, 9.17) is 32.7 Å². The van der Waals surface area contributed by atoms with E-state index in [2.05, 4.69) is 10.6 Å². The number of methoxy groups -OCH3 is 2. The molecule has 2 aromatic carbocycles. The highest BCUT2D eigenvalue weighted by Crippen LogP contribution is 2.29. The predicted molar refractivity (Wildman–Crippen MR) is 93.1 cm³/mol. The quantitative estimate of drug-likeness (QED) is 0.820. The summed E-state index contributed by atoms with van der Waals surface area (Å²) in [6.45, 7) is 0.0572. The number of carbonyl (C=O) groups is 1. The van der Waals surface area contributed by atoms with Gasteiger partial charge in [-0.2, -0.15) is 0 Å². The molecule has 2 aromatic rings. The van der Waals surface area contributed by atoms with Crippen molar-refractivity contribution >= 4 is 40.5 Å². The smallest absolute Gasteiger partial charge is 0.243 e. The zero-order valence-corrected chi connectivity index (χ0v) is 14.2. The van der Waals surface area contributed by atoms with Gasteiger partial charge in [-0.1, -0.05) is 23.2 Å². The molecule has 7 heteroatoms. The Balaban J connectivity index is 1.99. The minimum absolute atomic E-state index is 0.0572. The second kappa shape index (κ2) is 7.94. The Hall–Kier alpha value is -2.11. The molecule has 5 nitrogen and oxygen atoms in total. The first-order valence-corrected chi connectivity index (χ1v) is 7.50. The molecule has 0 saturated heterocycles. The summed E-state index contributed by atoms with van der Waals surface area (Å²) in [7, 11) is 3.12. The Morgan fingerprint density at radius 1 is 1.04 bits per heavy atom. The summed E-state index contributed by atoms with van der Waals surface area (Å²) in [5.41, 5.74) is 1.19. The van der Waals surface area contributed by atoms with Crippen LogP contribution in [0.4, 0.5) is 11.4 Å². The molecule has 0 radical (unpaired) electrons. The summed E-state index contributed by atoms with van der Waals surface area (Å²) in [6, 6.07) is 10.2. The van der Waals surface area contributed by atoms with Gasteiger partial charge in [0.25, 0.3) is 0 Å². The van der Waals surface area contributed by atoms with Crippen molar-refractivity contribution in [2.45, 2.75) is 0 Å². The zero-order chi connectivity index (χ0) is 16.8. The molecule has 0 saturated carbocycles. The van der Waals surface area contributed by atoms with Crippen LogP contribution in [0.25, 0.3) is 0 Å². The van der Waals surface area contributed by atoms with E-state index in [0.29, 0.717) is 32.9 Å². The van der Waals surface area contributed by atoms with Crippen molar-refractivity contribution in [3.63, 3.8) is 0 Å². The monoisotopic (exact) mass is 354 g/mol. The zero-order valence-electron chi connectivity index (χ0n) is 12.7. The standard InChI is InChI=1S/C16H16Cl2N2O3/c1-22-11-4-6-14(15(8-11)23-2)19-9-16(21)20-13-5-3-10(17)7-12(13)18/h3-8,19H,9H2,1-2H3,(H,20,21). The lowest BCUT2D eigenvalue weighted by molar-refractivity contribution is -0.114. The summed E-state index contributed by atoms with van der Waals surface area (Å²) in [6.07, 6.45) is 0. The summed E-state index contributed by atoms with van der Waals surface area (Å²) in [4.78, 5) is 12.0. The molecule has 0 heterocycles. The van der Waals surface area contributed by atoms with Gasteiger partial charge in [-0.05, 0) is 30.3 Å². The lowest BCUT2D eigenvalue weighted by Gasteiger charge is -2.13. The largest absolute Gasteiger partial charge is 0.497 e. The first kappa shape index (κ1) is 17.2. The molecule has 0 fully saturated rings. The number of hydrogen-bond donors (Lipinski definition) is 2. The molecule has 2 N–H and O–H groups in total. The molecule has 23 heavy (non-hydrogen) atoms. The Kier molecular flexibility index (Phi) is 5.96. The SMILES string of the molecule is COc1ccc(NCC(=O)Nc2ccc(Cl)cc2Cl)c(OC)c1. The lowest BCUT2D eigenvalue weighted by Crippen LogP contribution is -2.22. The van der Waals surface area contributed by atoms with Gasteiger partial charge in [-0.15, -0.1) is 0 Å². The fraction of sp³-hybridized carbons (Fsp3) is 0.188. The van der Waals surface area contributed by atoms with Gasteiger partial charge in [0.15, 0.2) is 0 Å². The molecule has 0 aliphatic heterocycles. The molecular formula is C16H16Cl2N2O3. The van der Waals surface area contributed by atoms with Gasteiger partial charge in [-0.3, -0.25) is 4.79 Å². The van der Waals surface area contributed by atoms with Crippen molar-refractivity contribution in [1.82, 2.24) is 0 Å². The average Bonchev–Trinajstić information content (AvgIpc) is 2.55. The molecule has 0 unspecified atom stereocenters. The van der Waals surface area contributed by atoms with Crippen molar-refractivity contribution in [2.24, 2.45) is 0 Å². The van der Waals surface area contributed by atoms with Crippen LogP contribution in [0.15, 0.2) is 36.4 Å². The number of carbonyl (C=O) groups excluding carboxylic acids is 1. The molecule has 1 amide bonds. The van der Waals surface area contributed by atoms with Gasteiger partial charge >= 0.3 is 0 Å². The minimum Gasteiger partial charge on any atom is -0.497 e. The Bertz CT molecular complexity index is 708. The van der Waals surface area contributed by atoms with E-state index >= 15 is 0 Å². The van der Waals surface area contributed by atoms with E-state index < -0.39 is 0 Å². The van der Waals surface area contributed by atoms with E-state index in [1.54, 1.807) is 50.6 Å². The minimum atomic E-state index is -0.243. The molecule has 2 rings (SSSR count). The van der Waals surface area contributed by atoms with Crippen molar-refractivity contribution in [3.8, 4) is 11.5 Å². The molecule has 0 bridgehead atoms. The van der Waals surface area contributed by atoms with E-state index in [-0.39, 0.29) is 12.5 Å². The van der Waals surface area contributed by atoms with Gasteiger partial charge < -0.3 is 20.1 Å². The summed E-state index contributed by atoms with van der Waals surface area (Å²) in [5, 5.41) is 6.61. The van der Waals surface area contributed by atoms with Gasteiger partial charge in [0.05, 0.1) is 37.2 Å². The number of amides is 1. The Labute approximate surface area is 144 Å². The maximum atomic E-state index is 12.0. The molecule has 0 spiro atoms. The molecular weight excluding hydrogens is 339 g/mol. The van der Waals surface area contributed by atoms with Crippen LogP contribution in [0.5, 0.6) is 11.5 Å². The van der Waals surface area contributed by atoms with E-state index in [0.717, 1.165) is 0 Å². The van der Waals surface area contributed by atoms with E-state index in [9.17, 15) is 4.79 Å². The molecule has 0 aliphatic carbocycles. The fourth-order valence-electron chi connectivity index (χ4n) is 1.91. The van der Waals surface area contributed by atoms with Crippen LogP contribution in [0, 0.1) is 0 Å². The van der Waals surface area contributed by atoms with Gasteiger partial charge in [0, 0.05) is 11.1 Å². The number of hydrogen-bond acceptors (Lipinski definition) is 4. The Morgan fingerprint density at radius 3 is 2.43 bits per heavy atom. The van der Waals surface area contributed by atoms with Crippen LogP contribution in [0.2, 0.25) is 10.0 Å². The second-order valence-corrected chi connectivity index (χ2v) is 5.44. The van der Waals surface area contributed by atoms with E-state index in [1.165, 1.54) is 0 Å². The third-order valence-corrected chi connectivity index (χ3v) is 3.60. The Morgan fingerprint density at radius 2 is 1.78 bits per heavy atom. The molecule has 0 aromatic heterocycles. The maximum Gasteiger partial charge on any atom is 0.243 e. The first-order chi connectivity index (χ1) is 11.0. The van der Waals surface area contributed by atoms with Crippen LogP contribution in [0.3, 0.4) is 0 Å². The van der Waals surface area contributed by atoms with Crippen LogP contribution in [0.1, 0.15) is 0 Å². The van der Waals surface area contributed by atoms with E-state index in [1.807, 2.05) is 0 Å². The van der Waals surface area contributed by atoms with Crippen molar-refractivity contribution < 1.29 is 14.3 Å². The number of ether oxygens (including phenoxy) is 2. The summed E-state index contributed by atoms with van der Waals surface area (Å²) >= 11 is 11.8. The third-order valence-electron chi connectivity index (χ3n) is 3.05. The predicted octanol–water partition coefficient (Wildman–Crippen LogP) is 4.06. The van der Waals surface area contributed by atoms with Crippen molar-refractivity contribution in [2.75, 3.05) is 31.4 Å². The number of nitrogens with one attached hydrogen (secondary N) is 2. The van der Waals surface area contributed by atoms with Crippen LogP contribution in [-0.4, -0.2) is 26.7 Å². The summed E-state index contributed by atoms with van der Waals surface area (Å²) < 4.78 is 10.4. The number of anilines is 2. The van der Waals surface area contributed by atoms with Crippen molar-refractivity contribution in [1.29, 1.82) is 0 Å². The van der Waals surface area contributed by atoms with Crippen LogP contribution in [-0.2, 0) is 4.79 Å². The summed E-state index contributed by atoms with van der Waals surface area (Å²) in [5.74, 6) is 1.01. The highest BCUT2D eigenvalue weighted by Gasteiger charge is 2.09. The van der Waals surface area contributed by atoms with Crippen LogP contribution >= 0.6 is 23.2 Å². The molecule has 0 atom stereocenters. The average molecular weight is 355 g/mol. The van der Waals surface area contributed by atoms with Crippen LogP contribution < -0.4 is 20.1 Å². The highest BCUT2D eigenvalue weighted by atomic mass is 35.5.